The van der Waals surface area contributed by atoms with Crippen molar-refractivity contribution in [2.75, 3.05) is 17.7 Å². The van der Waals surface area contributed by atoms with E-state index in [4.69, 9.17) is 10.8 Å². The van der Waals surface area contributed by atoms with Crippen LogP contribution < -0.4 is 10.6 Å². The van der Waals surface area contributed by atoms with Gasteiger partial charge in [0.15, 0.2) is 0 Å². The van der Waals surface area contributed by atoms with Gasteiger partial charge in [-0.3, -0.25) is 4.90 Å². The van der Waals surface area contributed by atoms with E-state index in [1.165, 1.54) is 0 Å². The average molecular weight is 235 g/mol. The summed E-state index contributed by atoms with van der Waals surface area (Å²) in [4.78, 5) is 14.4. The number of nitrogen functional groups attached to an aromatic ring is 1. The van der Waals surface area contributed by atoms with Crippen LogP contribution in [-0.4, -0.2) is 23.2 Å². The summed E-state index contributed by atoms with van der Waals surface area (Å²) in [5.74, 6) is -0.280. The fourth-order valence-corrected chi connectivity index (χ4v) is 0.990. The number of carboxylic acid groups (broad SMARTS) is 1. The maximum Gasteiger partial charge on any atom is 0.417 e. The molecule has 0 atom stereocenters. The molecule has 0 fully saturated rings. The van der Waals surface area contributed by atoms with Crippen molar-refractivity contribution in [2.24, 2.45) is 0 Å². The molecule has 0 aliphatic rings. The maximum absolute atomic E-state index is 12.3. The summed E-state index contributed by atoms with van der Waals surface area (Å²) in [7, 11) is 1.08. The van der Waals surface area contributed by atoms with Gasteiger partial charge in [-0.25, -0.2) is 9.78 Å². The van der Waals surface area contributed by atoms with Gasteiger partial charge in [-0.05, 0) is 6.07 Å². The second-order valence-electron chi connectivity index (χ2n) is 2.97. The zero-order valence-corrected chi connectivity index (χ0v) is 8.12. The first-order chi connectivity index (χ1) is 7.23. The molecular formula is C8H8F3N3O2. The van der Waals surface area contributed by atoms with E-state index in [1.807, 2.05) is 0 Å². The molecule has 1 rings (SSSR count). The van der Waals surface area contributed by atoms with Crippen LogP contribution in [0.3, 0.4) is 0 Å². The van der Waals surface area contributed by atoms with Gasteiger partial charge in [-0.1, -0.05) is 0 Å². The molecule has 8 heteroatoms. The minimum atomic E-state index is -4.59. The monoisotopic (exact) mass is 235 g/mol. The lowest BCUT2D eigenvalue weighted by Gasteiger charge is -2.16. The Hall–Kier alpha value is -1.99. The van der Waals surface area contributed by atoms with Crippen molar-refractivity contribution >= 4 is 17.6 Å². The van der Waals surface area contributed by atoms with Crippen LogP contribution >= 0.6 is 0 Å². The topological polar surface area (TPSA) is 79.5 Å². The quantitative estimate of drug-likeness (QED) is 0.777. The summed E-state index contributed by atoms with van der Waals surface area (Å²) in [6.07, 6.45) is -5.46. The van der Waals surface area contributed by atoms with Crippen LogP contribution in [0.5, 0.6) is 0 Å². The first-order valence-electron chi connectivity index (χ1n) is 4.03. The highest BCUT2D eigenvalue weighted by atomic mass is 19.4. The number of rotatable bonds is 1. The van der Waals surface area contributed by atoms with E-state index in [-0.39, 0.29) is 11.5 Å². The minimum Gasteiger partial charge on any atom is -0.465 e. The lowest BCUT2D eigenvalue weighted by molar-refractivity contribution is -0.137. The molecule has 0 aromatic carbocycles. The molecule has 16 heavy (non-hydrogen) atoms. The van der Waals surface area contributed by atoms with Crippen molar-refractivity contribution in [3.05, 3.63) is 17.8 Å². The predicted octanol–water partition coefficient (Wildman–Crippen LogP) is 1.80. The molecule has 0 saturated heterocycles. The SMILES string of the molecule is CN(C(=O)O)c1cc(C(F)(F)F)cnc1N. The second kappa shape index (κ2) is 3.87. The summed E-state index contributed by atoms with van der Waals surface area (Å²) in [6, 6.07) is 0.635. The van der Waals surface area contributed by atoms with Gasteiger partial charge in [-0.15, -0.1) is 0 Å². The summed E-state index contributed by atoms with van der Waals surface area (Å²) >= 11 is 0. The molecule has 88 valence electrons. The number of nitrogens with two attached hydrogens (primary N) is 1. The second-order valence-corrected chi connectivity index (χ2v) is 2.97. The number of hydrogen-bond acceptors (Lipinski definition) is 3. The lowest BCUT2D eigenvalue weighted by atomic mass is 10.2. The molecule has 1 heterocycles. The van der Waals surface area contributed by atoms with E-state index in [1.54, 1.807) is 0 Å². The van der Waals surface area contributed by atoms with Crippen molar-refractivity contribution in [3.8, 4) is 0 Å². The van der Waals surface area contributed by atoms with E-state index in [9.17, 15) is 18.0 Å². The Morgan fingerprint density at radius 3 is 2.56 bits per heavy atom. The number of hydrogen-bond donors (Lipinski definition) is 2. The third-order valence-electron chi connectivity index (χ3n) is 1.87. The highest BCUT2D eigenvalue weighted by Crippen LogP contribution is 2.32. The van der Waals surface area contributed by atoms with Crippen molar-refractivity contribution in [3.63, 3.8) is 0 Å². The third kappa shape index (κ3) is 2.33. The van der Waals surface area contributed by atoms with Crippen molar-refractivity contribution in [1.82, 2.24) is 4.98 Å². The number of pyridine rings is 1. The molecule has 0 spiro atoms. The number of alkyl halides is 3. The van der Waals surface area contributed by atoms with E-state index < -0.39 is 17.8 Å². The lowest BCUT2D eigenvalue weighted by Crippen LogP contribution is -2.25. The van der Waals surface area contributed by atoms with Crippen LogP contribution in [-0.2, 0) is 6.18 Å². The van der Waals surface area contributed by atoms with Crippen LogP contribution in [0, 0.1) is 0 Å². The Morgan fingerprint density at radius 2 is 2.12 bits per heavy atom. The molecule has 0 bridgehead atoms. The molecule has 1 amide bonds. The van der Waals surface area contributed by atoms with Crippen LogP contribution in [0.25, 0.3) is 0 Å². The van der Waals surface area contributed by atoms with Crippen LogP contribution in [0.2, 0.25) is 0 Å². The number of aromatic nitrogens is 1. The standard InChI is InChI=1S/C8H8F3N3O2/c1-14(7(15)16)5-2-4(8(9,10)11)3-13-6(5)12/h2-3H,1H3,(H2,12,13)(H,15,16). The van der Waals surface area contributed by atoms with Gasteiger partial charge in [-0.2, -0.15) is 13.2 Å². The molecule has 0 radical (unpaired) electrons. The van der Waals surface area contributed by atoms with Crippen molar-refractivity contribution < 1.29 is 23.1 Å². The largest absolute Gasteiger partial charge is 0.465 e. The van der Waals surface area contributed by atoms with E-state index >= 15 is 0 Å². The molecular weight excluding hydrogens is 227 g/mol. The third-order valence-corrected chi connectivity index (χ3v) is 1.87. The van der Waals surface area contributed by atoms with Crippen LogP contribution in [0.1, 0.15) is 5.56 Å². The highest BCUT2D eigenvalue weighted by molar-refractivity contribution is 5.88. The molecule has 0 aliphatic carbocycles. The number of carbonyl (C=O) groups is 1. The molecule has 0 saturated carbocycles. The molecule has 0 unspecified atom stereocenters. The van der Waals surface area contributed by atoms with Gasteiger partial charge in [0.1, 0.15) is 5.82 Å². The van der Waals surface area contributed by atoms with E-state index in [0.29, 0.717) is 17.2 Å². The minimum absolute atomic E-state index is 0.280. The maximum atomic E-state index is 12.3. The number of amides is 1. The number of halogens is 3. The Bertz CT molecular complexity index is 419. The fourth-order valence-electron chi connectivity index (χ4n) is 0.990. The van der Waals surface area contributed by atoms with E-state index in [0.717, 1.165) is 7.05 Å². The Morgan fingerprint density at radius 1 is 1.56 bits per heavy atom. The highest BCUT2D eigenvalue weighted by Gasteiger charge is 2.32. The van der Waals surface area contributed by atoms with Gasteiger partial charge in [0.25, 0.3) is 0 Å². The zero-order chi connectivity index (χ0) is 12.5. The van der Waals surface area contributed by atoms with Gasteiger partial charge in [0.05, 0.1) is 11.3 Å². The average Bonchev–Trinajstić information content (AvgIpc) is 2.15. The normalized spacial score (nSPS) is 11.2. The zero-order valence-electron chi connectivity index (χ0n) is 8.12. The summed E-state index contributed by atoms with van der Waals surface area (Å²) in [5, 5.41) is 8.61. The number of anilines is 2. The predicted molar refractivity (Wildman–Crippen MR) is 50.1 cm³/mol. The van der Waals surface area contributed by atoms with Crippen LogP contribution in [0.4, 0.5) is 29.5 Å². The van der Waals surface area contributed by atoms with Crippen LogP contribution in [0.15, 0.2) is 12.3 Å². The van der Waals surface area contributed by atoms with Gasteiger partial charge >= 0.3 is 12.3 Å². The van der Waals surface area contributed by atoms with Gasteiger partial charge in [0.2, 0.25) is 0 Å². The summed E-state index contributed by atoms with van der Waals surface area (Å²) < 4.78 is 37.0. The first-order valence-corrected chi connectivity index (χ1v) is 4.03. The molecule has 0 aliphatic heterocycles. The number of nitrogens with zero attached hydrogens (tertiary/aromatic N) is 2. The first kappa shape index (κ1) is 12.1. The molecule has 3 N–H and O–H groups in total. The fraction of sp³-hybridized carbons (Fsp3) is 0.250. The van der Waals surface area contributed by atoms with Crippen molar-refractivity contribution in [1.29, 1.82) is 0 Å². The Labute approximate surface area is 88.3 Å². The summed E-state index contributed by atoms with van der Waals surface area (Å²) in [6.45, 7) is 0. The molecule has 1 aromatic rings. The Kier molecular flexibility index (Phi) is 2.92. The smallest absolute Gasteiger partial charge is 0.417 e. The van der Waals surface area contributed by atoms with Crippen molar-refractivity contribution in [2.45, 2.75) is 6.18 Å². The molecule has 1 aromatic heterocycles. The molecule has 5 nitrogen and oxygen atoms in total. The van der Waals surface area contributed by atoms with E-state index in [2.05, 4.69) is 4.98 Å². The Balaban J connectivity index is 3.24. The summed E-state index contributed by atoms with van der Waals surface area (Å²) in [5.41, 5.74) is 3.93. The van der Waals surface area contributed by atoms with Gasteiger partial charge < -0.3 is 10.8 Å². The van der Waals surface area contributed by atoms with Gasteiger partial charge in [0, 0.05) is 13.2 Å².